The number of rotatable bonds is 7. The summed E-state index contributed by atoms with van der Waals surface area (Å²) in [6, 6.07) is 0. The van der Waals surface area contributed by atoms with Crippen molar-refractivity contribution in [2.24, 2.45) is 17.3 Å². The van der Waals surface area contributed by atoms with Crippen LogP contribution in [0.4, 0.5) is 0 Å². The SMILES string of the molecule is CC(C)CCCC(C)CCOC(=O)C(C)(C)C. The number of esters is 1. The van der Waals surface area contributed by atoms with Crippen molar-refractivity contribution >= 4 is 5.97 Å². The molecule has 0 radical (unpaired) electrons. The molecule has 0 aromatic heterocycles. The van der Waals surface area contributed by atoms with Crippen LogP contribution in [0.3, 0.4) is 0 Å². The molecule has 0 aromatic rings. The fraction of sp³-hybridized carbons (Fsp3) is 0.933. The lowest BCUT2D eigenvalue weighted by Gasteiger charge is -2.18. The quantitative estimate of drug-likeness (QED) is 0.617. The van der Waals surface area contributed by atoms with E-state index in [2.05, 4.69) is 20.8 Å². The van der Waals surface area contributed by atoms with Crippen LogP contribution in [0.1, 0.15) is 67.2 Å². The predicted octanol–water partition coefficient (Wildman–Crippen LogP) is 4.43. The van der Waals surface area contributed by atoms with E-state index >= 15 is 0 Å². The summed E-state index contributed by atoms with van der Waals surface area (Å²) in [5.41, 5.74) is -0.374. The molecule has 0 N–H and O–H groups in total. The zero-order valence-corrected chi connectivity index (χ0v) is 12.5. The molecule has 17 heavy (non-hydrogen) atoms. The van der Waals surface area contributed by atoms with Gasteiger partial charge in [0.05, 0.1) is 12.0 Å². The van der Waals surface area contributed by atoms with Gasteiger partial charge in [0.2, 0.25) is 0 Å². The van der Waals surface area contributed by atoms with Crippen molar-refractivity contribution in [3.63, 3.8) is 0 Å². The second-order valence-electron chi connectivity index (χ2n) is 6.60. The lowest BCUT2D eigenvalue weighted by molar-refractivity contribution is -0.153. The summed E-state index contributed by atoms with van der Waals surface area (Å²) < 4.78 is 5.27. The van der Waals surface area contributed by atoms with Gasteiger partial charge in [0.1, 0.15) is 0 Å². The van der Waals surface area contributed by atoms with E-state index in [-0.39, 0.29) is 11.4 Å². The predicted molar refractivity (Wildman–Crippen MR) is 72.9 cm³/mol. The Balaban J connectivity index is 3.58. The van der Waals surface area contributed by atoms with Crippen molar-refractivity contribution in [1.82, 2.24) is 0 Å². The van der Waals surface area contributed by atoms with Crippen LogP contribution < -0.4 is 0 Å². The van der Waals surface area contributed by atoms with Crippen molar-refractivity contribution in [3.8, 4) is 0 Å². The molecule has 0 spiro atoms. The van der Waals surface area contributed by atoms with Crippen LogP contribution in [0, 0.1) is 17.3 Å². The lowest BCUT2D eigenvalue weighted by Crippen LogP contribution is -2.23. The molecule has 0 saturated heterocycles. The van der Waals surface area contributed by atoms with E-state index in [9.17, 15) is 4.79 Å². The van der Waals surface area contributed by atoms with Crippen LogP contribution in [-0.2, 0) is 9.53 Å². The maximum Gasteiger partial charge on any atom is 0.311 e. The average molecular weight is 242 g/mol. The first-order valence-electron chi connectivity index (χ1n) is 6.90. The summed E-state index contributed by atoms with van der Waals surface area (Å²) in [6.07, 6.45) is 4.81. The highest BCUT2D eigenvalue weighted by Gasteiger charge is 2.22. The highest BCUT2D eigenvalue weighted by atomic mass is 16.5. The van der Waals surface area contributed by atoms with Crippen LogP contribution in [-0.4, -0.2) is 12.6 Å². The molecule has 102 valence electrons. The number of carbonyl (C=O) groups is 1. The van der Waals surface area contributed by atoms with Crippen molar-refractivity contribution in [1.29, 1.82) is 0 Å². The molecule has 2 nitrogen and oxygen atoms in total. The monoisotopic (exact) mass is 242 g/mol. The van der Waals surface area contributed by atoms with Gasteiger partial charge in [0.15, 0.2) is 0 Å². The van der Waals surface area contributed by atoms with Crippen molar-refractivity contribution in [3.05, 3.63) is 0 Å². The first-order valence-corrected chi connectivity index (χ1v) is 6.90. The molecular weight excluding hydrogens is 212 g/mol. The maximum atomic E-state index is 11.5. The first kappa shape index (κ1) is 16.5. The third kappa shape index (κ3) is 9.20. The van der Waals surface area contributed by atoms with E-state index in [4.69, 9.17) is 4.74 Å². The number of carbonyl (C=O) groups excluding carboxylic acids is 1. The molecule has 1 unspecified atom stereocenters. The van der Waals surface area contributed by atoms with Gasteiger partial charge in [0, 0.05) is 0 Å². The Bertz CT molecular complexity index is 213. The second kappa shape index (κ2) is 7.73. The maximum absolute atomic E-state index is 11.5. The van der Waals surface area contributed by atoms with E-state index < -0.39 is 0 Å². The largest absolute Gasteiger partial charge is 0.465 e. The average Bonchev–Trinajstić information content (AvgIpc) is 2.15. The van der Waals surface area contributed by atoms with E-state index in [1.165, 1.54) is 19.3 Å². The van der Waals surface area contributed by atoms with E-state index in [0.29, 0.717) is 12.5 Å². The van der Waals surface area contributed by atoms with Gasteiger partial charge in [-0.05, 0) is 39.0 Å². The normalized spacial score (nSPS) is 13.8. The van der Waals surface area contributed by atoms with E-state index in [1.807, 2.05) is 20.8 Å². The second-order valence-corrected chi connectivity index (χ2v) is 6.60. The molecule has 1 atom stereocenters. The minimum atomic E-state index is -0.374. The molecule has 0 aliphatic rings. The van der Waals surface area contributed by atoms with Crippen LogP contribution in [0.5, 0.6) is 0 Å². The topological polar surface area (TPSA) is 26.3 Å². The first-order chi connectivity index (χ1) is 7.73. The van der Waals surface area contributed by atoms with Gasteiger partial charge >= 0.3 is 5.97 Å². The van der Waals surface area contributed by atoms with Gasteiger partial charge in [0.25, 0.3) is 0 Å². The summed E-state index contributed by atoms with van der Waals surface area (Å²) in [6.45, 7) is 13.0. The Morgan fingerprint density at radius 2 is 1.65 bits per heavy atom. The van der Waals surface area contributed by atoms with Crippen LogP contribution >= 0.6 is 0 Å². The molecule has 2 heteroatoms. The van der Waals surface area contributed by atoms with Gasteiger partial charge < -0.3 is 4.74 Å². The molecular formula is C15H30O2. The molecule has 0 fully saturated rings. The summed E-state index contributed by atoms with van der Waals surface area (Å²) in [4.78, 5) is 11.5. The van der Waals surface area contributed by atoms with Gasteiger partial charge in [-0.3, -0.25) is 4.79 Å². The molecule has 0 bridgehead atoms. The van der Waals surface area contributed by atoms with Crippen LogP contribution in [0.2, 0.25) is 0 Å². The Labute approximate surface area is 107 Å². The molecule has 0 saturated carbocycles. The number of hydrogen-bond acceptors (Lipinski definition) is 2. The van der Waals surface area contributed by atoms with E-state index in [1.54, 1.807) is 0 Å². The molecule has 0 aliphatic carbocycles. The van der Waals surface area contributed by atoms with Gasteiger partial charge in [-0.2, -0.15) is 0 Å². The number of ether oxygens (including phenoxy) is 1. The highest BCUT2D eigenvalue weighted by Crippen LogP contribution is 2.18. The minimum Gasteiger partial charge on any atom is -0.465 e. The Morgan fingerprint density at radius 3 is 2.12 bits per heavy atom. The van der Waals surface area contributed by atoms with Gasteiger partial charge in [-0.1, -0.05) is 40.0 Å². The fourth-order valence-corrected chi connectivity index (χ4v) is 1.59. The Hall–Kier alpha value is -0.530. The standard InChI is InChI=1S/C15H30O2/c1-12(2)8-7-9-13(3)10-11-17-14(16)15(4,5)6/h12-13H,7-11H2,1-6H3. The molecule has 0 amide bonds. The van der Waals surface area contributed by atoms with Crippen molar-refractivity contribution in [2.75, 3.05) is 6.61 Å². The highest BCUT2D eigenvalue weighted by molar-refractivity contribution is 5.75. The van der Waals surface area contributed by atoms with E-state index in [0.717, 1.165) is 12.3 Å². The lowest BCUT2D eigenvalue weighted by atomic mass is 9.96. The summed E-state index contributed by atoms with van der Waals surface area (Å²) in [5, 5.41) is 0. The van der Waals surface area contributed by atoms with Gasteiger partial charge in [-0.15, -0.1) is 0 Å². The van der Waals surface area contributed by atoms with Crippen molar-refractivity contribution < 1.29 is 9.53 Å². The van der Waals surface area contributed by atoms with Crippen LogP contribution in [0.25, 0.3) is 0 Å². The summed E-state index contributed by atoms with van der Waals surface area (Å²) >= 11 is 0. The third-order valence-electron chi connectivity index (χ3n) is 2.93. The summed E-state index contributed by atoms with van der Waals surface area (Å²) in [5.74, 6) is 1.36. The number of hydrogen-bond donors (Lipinski definition) is 0. The smallest absolute Gasteiger partial charge is 0.311 e. The Morgan fingerprint density at radius 1 is 1.06 bits per heavy atom. The Kier molecular flexibility index (Phi) is 7.49. The third-order valence-corrected chi connectivity index (χ3v) is 2.93. The fourth-order valence-electron chi connectivity index (χ4n) is 1.59. The molecule has 0 heterocycles. The molecule has 0 rings (SSSR count). The minimum absolute atomic E-state index is 0.0909. The molecule has 0 aliphatic heterocycles. The van der Waals surface area contributed by atoms with Gasteiger partial charge in [-0.25, -0.2) is 0 Å². The molecule has 0 aromatic carbocycles. The van der Waals surface area contributed by atoms with Crippen molar-refractivity contribution in [2.45, 2.75) is 67.2 Å². The summed E-state index contributed by atoms with van der Waals surface area (Å²) in [7, 11) is 0. The zero-order chi connectivity index (χ0) is 13.5. The zero-order valence-electron chi connectivity index (χ0n) is 12.5. The van der Waals surface area contributed by atoms with Crippen LogP contribution in [0.15, 0.2) is 0 Å².